The molecule has 0 bridgehead atoms. The summed E-state index contributed by atoms with van der Waals surface area (Å²) in [6.07, 6.45) is 1.57. The Morgan fingerprint density at radius 2 is 1.87 bits per heavy atom. The zero-order chi connectivity index (χ0) is 10.9. The first-order valence-corrected chi connectivity index (χ1v) is 7.04. The number of rotatable bonds is 1. The molecule has 1 unspecified atom stereocenters. The van der Waals surface area contributed by atoms with Crippen molar-refractivity contribution in [1.29, 1.82) is 0 Å². The Bertz CT molecular complexity index is 337. The van der Waals surface area contributed by atoms with Gasteiger partial charge in [0.15, 0.2) is 0 Å². The molecule has 0 radical (unpaired) electrons. The van der Waals surface area contributed by atoms with E-state index in [0.29, 0.717) is 19.4 Å². The molecule has 2 aliphatic heterocycles. The first-order valence-electron chi connectivity index (χ1n) is 5.22. The largest absolute Gasteiger partial charge is 0.446 e. The molecule has 15 heavy (non-hydrogen) atoms. The van der Waals surface area contributed by atoms with Gasteiger partial charge in [-0.1, -0.05) is 0 Å². The van der Waals surface area contributed by atoms with Crippen molar-refractivity contribution in [3.63, 3.8) is 0 Å². The Labute approximate surface area is 89.1 Å². The number of cyclic esters (lactones) is 1. The summed E-state index contributed by atoms with van der Waals surface area (Å²) in [4.78, 5) is 11.0. The second-order valence-corrected chi connectivity index (χ2v) is 6.45. The van der Waals surface area contributed by atoms with E-state index in [1.54, 1.807) is 0 Å². The third kappa shape index (κ3) is 2.62. The third-order valence-corrected chi connectivity index (χ3v) is 4.80. The van der Waals surface area contributed by atoms with E-state index in [9.17, 15) is 13.2 Å². The summed E-state index contributed by atoms with van der Waals surface area (Å²) in [6.45, 7) is 0.632. The van der Waals surface area contributed by atoms with Gasteiger partial charge in [-0.3, -0.25) is 0 Å². The quantitative estimate of drug-likeness (QED) is 0.707. The predicted molar refractivity (Wildman–Crippen MR) is 54.3 cm³/mol. The Kier molecular flexibility index (Phi) is 2.86. The molecule has 86 valence electrons. The van der Waals surface area contributed by atoms with Gasteiger partial charge >= 0.3 is 6.09 Å². The molecule has 0 saturated carbocycles. The minimum absolute atomic E-state index is 0.0887. The van der Waals surface area contributed by atoms with Gasteiger partial charge in [-0.25, -0.2) is 13.2 Å². The van der Waals surface area contributed by atoms with Crippen molar-refractivity contribution in [2.75, 3.05) is 18.1 Å². The number of nitrogens with one attached hydrogen (secondary N) is 1. The summed E-state index contributed by atoms with van der Waals surface area (Å²) in [5, 5.41) is 2.59. The number of amides is 1. The van der Waals surface area contributed by atoms with Crippen LogP contribution in [0.15, 0.2) is 0 Å². The Hall–Kier alpha value is -0.780. The number of sulfone groups is 1. The van der Waals surface area contributed by atoms with Crippen LogP contribution in [0.5, 0.6) is 0 Å². The van der Waals surface area contributed by atoms with Gasteiger partial charge in [-0.05, 0) is 18.8 Å². The summed E-state index contributed by atoms with van der Waals surface area (Å²) in [7, 11) is -2.82. The highest BCUT2D eigenvalue weighted by Crippen LogP contribution is 2.26. The molecule has 5 nitrogen and oxygen atoms in total. The predicted octanol–water partition coefficient (Wildman–Crippen LogP) is 0.310. The maximum Gasteiger partial charge on any atom is 0.407 e. The molecule has 0 aromatic heterocycles. The van der Waals surface area contributed by atoms with Crippen molar-refractivity contribution in [3.8, 4) is 0 Å². The maximum atomic E-state index is 11.2. The molecule has 6 heteroatoms. The average Bonchev–Trinajstić information content (AvgIpc) is 2.17. The first kappa shape index (κ1) is 10.7. The van der Waals surface area contributed by atoms with E-state index in [1.165, 1.54) is 0 Å². The normalized spacial score (nSPS) is 31.7. The van der Waals surface area contributed by atoms with Crippen LogP contribution in [-0.4, -0.2) is 38.7 Å². The Morgan fingerprint density at radius 1 is 1.20 bits per heavy atom. The maximum absolute atomic E-state index is 11.2. The minimum atomic E-state index is -2.82. The molecule has 2 rings (SSSR count). The van der Waals surface area contributed by atoms with Crippen LogP contribution in [0.4, 0.5) is 4.79 Å². The van der Waals surface area contributed by atoms with Gasteiger partial charge in [-0.15, -0.1) is 0 Å². The lowest BCUT2D eigenvalue weighted by atomic mass is 9.93. The van der Waals surface area contributed by atoms with Gasteiger partial charge in [0.25, 0.3) is 0 Å². The van der Waals surface area contributed by atoms with Crippen LogP contribution >= 0.6 is 0 Å². The molecule has 1 N–H and O–H groups in total. The summed E-state index contributed by atoms with van der Waals surface area (Å²) < 4.78 is 27.6. The standard InChI is InChI=1S/C9H15NO4S/c11-9-10-4-1-8(14-9)7-2-5-15(12,13)6-3-7/h7-8H,1-6H2,(H,10,11). The second-order valence-electron chi connectivity index (χ2n) is 4.15. The van der Waals surface area contributed by atoms with Crippen LogP contribution in [0, 0.1) is 5.92 Å². The molecular weight excluding hydrogens is 218 g/mol. The van der Waals surface area contributed by atoms with E-state index in [-0.39, 0.29) is 29.6 Å². The summed E-state index contributed by atoms with van der Waals surface area (Å²) in [5.41, 5.74) is 0. The van der Waals surface area contributed by atoms with Gasteiger partial charge in [0, 0.05) is 13.0 Å². The van der Waals surface area contributed by atoms with E-state index < -0.39 is 9.84 Å². The number of hydrogen-bond acceptors (Lipinski definition) is 4. The molecule has 1 amide bonds. The van der Waals surface area contributed by atoms with Gasteiger partial charge in [0.2, 0.25) is 0 Å². The fraction of sp³-hybridized carbons (Fsp3) is 0.889. The third-order valence-electron chi connectivity index (χ3n) is 3.08. The fourth-order valence-corrected chi connectivity index (χ4v) is 3.69. The molecule has 2 heterocycles. The summed E-state index contributed by atoms with van der Waals surface area (Å²) in [5.74, 6) is 0.692. The number of alkyl carbamates (subject to hydrolysis) is 1. The highest BCUT2D eigenvalue weighted by molar-refractivity contribution is 7.91. The molecular formula is C9H15NO4S. The van der Waals surface area contributed by atoms with E-state index >= 15 is 0 Å². The lowest BCUT2D eigenvalue weighted by Gasteiger charge is -2.32. The number of ether oxygens (including phenoxy) is 1. The van der Waals surface area contributed by atoms with Crippen LogP contribution in [0.2, 0.25) is 0 Å². The van der Waals surface area contributed by atoms with Crippen LogP contribution < -0.4 is 5.32 Å². The van der Waals surface area contributed by atoms with Crippen molar-refractivity contribution in [2.45, 2.75) is 25.4 Å². The van der Waals surface area contributed by atoms with Gasteiger partial charge in [0.05, 0.1) is 11.5 Å². The van der Waals surface area contributed by atoms with E-state index in [1.807, 2.05) is 0 Å². The molecule has 0 spiro atoms. The number of carbonyl (C=O) groups is 1. The molecule has 0 aliphatic carbocycles. The number of carbonyl (C=O) groups excluding carboxylic acids is 1. The highest BCUT2D eigenvalue weighted by Gasteiger charge is 2.33. The molecule has 2 fully saturated rings. The lowest BCUT2D eigenvalue weighted by Crippen LogP contribution is -2.43. The van der Waals surface area contributed by atoms with Crippen molar-refractivity contribution in [2.24, 2.45) is 5.92 Å². The van der Waals surface area contributed by atoms with Gasteiger partial charge in [0.1, 0.15) is 15.9 Å². The van der Waals surface area contributed by atoms with Crippen molar-refractivity contribution in [1.82, 2.24) is 5.32 Å². The molecule has 2 saturated heterocycles. The molecule has 2 aliphatic rings. The van der Waals surface area contributed by atoms with Crippen molar-refractivity contribution >= 4 is 15.9 Å². The topological polar surface area (TPSA) is 72.5 Å². The fourth-order valence-electron chi connectivity index (χ4n) is 2.17. The van der Waals surface area contributed by atoms with Crippen molar-refractivity contribution < 1.29 is 17.9 Å². The first-order chi connectivity index (χ1) is 7.07. The van der Waals surface area contributed by atoms with Crippen molar-refractivity contribution in [3.05, 3.63) is 0 Å². The average molecular weight is 233 g/mol. The monoisotopic (exact) mass is 233 g/mol. The van der Waals surface area contributed by atoms with Crippen LogP contribution in [0.3, 0.4) is 0 Å². The van der Waals surface area contributed by atoms with Crippen LogP contribution in [0.25, 0.3) is 0 Å². The summed E-state index contributed by atoms with van der Waals surface area (Å²) >= 11 is 0. The van der Waals surface area contributed by atoms with Gasteiger partial charge < -0.3 is 10.1 Å². The van der Waals surface area contributed by atoms with E-state index in [0.717, 1.165) is 6.42 Å². The van der Waals surface area contributed by atoms with Crippen LogP contribution in [-0.2, 0) is 14.6 Å². The minimum Gasteiger partial charge on any atom is -0.446 e. The Balaban J connectivity index is 1.92. The second kappa shape index (κ2) is 4.00. The zero-order valence-electron chi connectivity index (χ0n) is 8.44. The smallest absolute Gasteiger partial charge is 0.407 e. The summed E-state index contributed by atoms with van der Waals surface area (Å²) in [6, 6.07) is 0. The van der Waals surface area contributed by atoms with E-state index in [4.69, 9.17) is 4.74 Å². The lowest BCUT2D eigenvalue weighted by molar-refractivity contribution is 0.0356. The SMILES string of the molecule is O=C1NCCC(C2CCS(=O)(=O)CC2)O1. The van der Waals surface area contributed by atoms with Gasteiger partial charge in [-0.2, -0.15) is 0 Å². The number of hydrogen-bond donors (Lipinski definition) is 1. The van der Waals surface area contributed by atoms with Crippen LogP contribution in [0.1, 0.15) is 19.3 Å². The highest BCUT2D eigenvalue weighted by atomic mass is 32.2. The molecule has 0 aromatic carbocycles. The molecule has 0 aromatic rings. The van der Waals surface area contributed by atoms with E-state index in [2.05, 4.69) is 5.32 Å². The Morgan fingerprint density at radius 3 is 2.47 bits per heavy atom. The molecule has 1 atom stereocenters. The zero-order valence-corrected chi connectivity index (χ0v) is 9.26.